The number of nitrogens with zero attached hydrogens (tertiary/aromatic N) is 1. The van der Waals surface area contributed by atoms with E-state index in [4.69, 9.17) is 9.47 Å². The molecular formula is C16H26N2O3. The van der Waals surface area contributed by atoms with Crippen molar-refractivity contribution in [2.24, 2.45) is 0 Å². The van der Waals surface area contributed by atoms with Crippen LogP contribution in [-0.2, 0) is 15.1 Å². The van der Waals surface area contributed by atoms with Crippen LogP contribution in [0.25, 0.3) is 0 Å². The summed E-state index contributed by atoms with van der Waals surface area (Å²) in [5.74, 6) is 0.344. The number of carbonyl (C=O) groups excluding carboxylic acids is 1. The first-order valence-electron chi connectivity index (χ1n) is 6.98. The highest BCUT2D eigenvalue weighted by atomic mass is 16.5. The molecule has 0 aliphatic heterocycles. The van der Waals surface area contributed by atoms with E-state index in [0.29, 0.717) is 12.3 Å². The third kappa shape index (κ3) is 4.19. The summed E-state index contributed by atoms with van der Waals surface area (Å²) in [5, 5.41) is 3.30. The molecule has 0 radical (unpaired) electrons. The number of carbonyl (C=O) groups is 1. The van der Waals surface area contributed by atoms with Crippen LogP contribution in [0.4, 0.5) is 0 Å². The molecule has 1 rings (SSSR count). The minimum atomic E-state index is -0.942. The van der Waals surface area contributed by atoms with Crippen LogP contribution in [0.2, 0.25) is 0 Å². The maximum Gasteiger partial charge on any atom is 0.330 e. The molecule has 1 N–H and O–H groups in total. The summed E-state index contributed by atoms with van der Waals surface area (Å²) < 4.78 is 10.4. The second-order valence-corrected chi connectivity index (χ2v) is 5.55. The Hall–Kier alpha value is -1.59. The number of benzene rings is 1. The van der Waals surface area contributed by atoms with Gasteiger partial charge in [-0.25, -0.2) is 4.79 Å². The normalized spacial score (nSPS) is 13.9. The fourth-order valence-electron chi connectivity index (χ4n) is 2.22. The monoisotopic (exact) mass is 294 g/mol. The summed E-state index contributed by atoms with van der Waals surface area (Å²) in [5.41, 5.74) is 0.910. The van der Waals surface area contributed by atoms with Crippen molar-refractivity contribution in [3.05, 3.63) is 29.3 Å². The van der Waals surface area contributed by atoms with Crippen molar-refractivity contribution in [1.29, 1.82) is 0 Å². The van der Waals surface area contributed by atoms with Gasteiger partial charge in [0.2, 0.25) is 0 Å². The largest absolute Gasteiger partial charge is 0.496 e. The number of hydrogen-bond donors (Lipinski definition) is 1. The van der Waals surface area contributed by atoms with E-state index in [1.165, 1.54) is 7.11 Å². The summed E-state index contributed by atoms with van der Waals surface area (Å²) in [6.45, 7) is 5.29. The number of methoxy groups -OCH3 is 2. The Balaban J connectivity index is 3.17. The molecule has 0 saturated carbocycles. The number of ether oxygens (including phenoxy) is 2. The number of likely N-dealkylation sites (N-methyl/N-ethyl adjacent to an activating group) is 1. The quantitative estimate of drug-likeness (QED) is 0.773. The zero-order valence-electron chi connectivity index (χ0n) is 13.8. The third-order valence-corrected chi connectivity index (χ3v) is 3.52. The number of aryl methyl sites for hydroxylation is 1. The fraction of sp³-hybridized carbons (Fsp3) is 0.562. The number of hydrogen-bond acceptors (Lipinski definition) is 5. The van der Waals surface area contributed by atoms with Gasteiger partial charge >= 0.3 is 5.97 Å². The molecule has 0 fully saturated rings. The average Bonchev–Trinajstić information content (AvgIpc) is 2.45. The van der Waals surface area contributed by atoms with Gasteiger partial charge in [0.05, 0.1) is 14.2 Å². The van der Waals surface area contributed by atoms with Crippen LogP contribution in [0.5, 0.6) is 5.75 Å². The van der Waals surface area contributed by atoms with Crippen molar-refractivity contribution in [3.8, 4) is 5.75 Å². The predicted octanol–water partition coefficient (Wildman–Crippen LogP) is 1.54. The molecule has 0 amide bonds. The highest BCUT2D eigenvalue weighted by Gasteiger charge is 2.38. The summed E-state index contributed by atoms with van der Waals surface area (Å²) >= 11 is 0. The highest BCUT2D eigenvalue weighted by Crippen LogP contribution is 2.31. The molecule has 118 valence electrons. The molecule has 0 saturated heterocycles. The zero-order valence-corrected chi connectivity index (χ0v) is 13.8. The highest BCUT2D eigenvalue weighted by molar-refractivity contribution is 5.83. The van der Waals surface area contributed by atoms with Gasteiger partial charge in [-0.1, -0.05) is 11.6 Å². The average molecular weight is 294 g/mol. The van der Waals surface area contributed by atoms with Crippen molar-refractivity contribution in [2.75, 3.05) is 41.4 Å². The number of nitrogens with one attached hydrogen (secondary N) is 1. The van der Waals surface area contributed by atoms with Gasteiger partial charge in [0, 0.05) is 18.7 Å². The van der Waals surface area contributed by atoms with Crippen LogP contribution in [0.1, 0.15) is 18.1 Å². The standard InChI is InChI=1S/C16H26N2O3/c1-12-7-8-14(20-5)13(11-12)16(2,15(19)21-6)17-9-10-18(3)4/h7-8,11,17H,9-10H2,1-6H3. The minimum Gasteiger partial charge on any atom is -0.496 e. The smallest absolute Gasteiger partial charge is 0.330 e. The van der Waals surface area contributed by atoms with E-state index < -0.39 is 5.54 Å². The molecule has 0 heterocycles. The Bertz CT molecular complexity index is 488. The summed E-state index contributed by atoms with van der Waals surface area (Å²) in [7, 11) is 6.98. The Kier molecular flexibility index (Phi) is 6.18. The first-order valence-corrected chi connectivity index (χ1v) is 6.98. The summed E-state index contributed by atoms with van der Waals surface area (Å²) in [6.07, 6.45) is 0. The molecule has 1 unspecified atom stereocenters. The van der Waals surface area contributed by atoms with Crippen LogP contribution in [0.3, 0.4) is 0 Å². The molecule has 0 aromatic heterocycles. The molecule has 1 atom stereocenters. The number of rotatable bonds is 7. The van der Waals surface area contributed by atoms with Gasteiger partial charge in [0.25, 0.3) is 0 Å². The van der Waals surface area contributed by atoms with E-state index in [1.807, 2.05) is 46.1 Å². The molecule has 5 heteroatoms. The Morgan fingerprint density at radius 2 is 2.00 bits per heavy atom. The molecule has 0 bridgehead atoms. The Morgan fingerprint density at radius 3 is 2.52 bits per heavy atom. The van der Waals surface area contributed by atoms with Gasteiger partial charge in [-0.2, -0.15) is 0 Å². The maximum absolute atomic E-state index is 12.3. The third-order valence-electron chi connectivity index (χ3n) is 3.52. The van der Waals surface area contributed by atoms with Crippen LogP contribution in [0, 0.1) is 6.92 Å². The van der Waals surface area contributed by atoms with Crippen molar-refractivity contribution < 1.29 is 14.3 Å². The lowest BCUT2D eigenvalue weighted by atomic mass is 9.89. The molecule has 0 aliphatic rings. The SMILES string of the molecule is COC(=O)C(C)(NCCN(C)C)c1cc(C)ccc1OC. The molecule has 1 aromatic carbocycles. The second-order valence-electron chi connectivity index (χ2n) is 5.55. The van der Waals surface area contributed by atoms with E-state index >= 15 is 0 Å². The van der Waals surface area contributed by atoms with Crippen molar-refractivity contribution >= 4 is 5.97 Å². The molecule has 1 aromatic rings. The summed E-state index contributed by atoms with van der Waals surface area (Å²) in [4.78, 5) is 14.4. The van der Waals surface area contributed by atoms with Crippen LogP contribution in [0.15, 0.2) is 18.2 Å². The van der Waals surface area contributed by atoms with Gasteiger partial charge in [-0.05, 0) is 40.1 Å². The van der Waals surface area contributed by atoms with Gasteiger partial charge < -0.3 is 14.4 Å². The maximum atomic E-state index is 12.3. The lowest BCUT2D eigenvalue weighted by molar-refractivity contribution is -0.148. The molecule has 21 heavy (non-hydrogen) atoms. The minimum absolute atomic E-state index is 0.329. The van der Waals surface area contributed by atoms with Crippen LogP contribution < -0.4 is 10.1 Å². The zero-order chi connectivity index (χ0) is 16.0. The Labute approximate surface area is 127 Å². The predicted molar refractivity (Wildman–Crippen MR) is 83.7 cm³/mol. The second kappa shape index (κ2) is 7.43. The molecule has 5 nitrogen and oxygen atoms in total. The van der Waals surface area contributed by atoms with E-state index in [9.17, 15) is 4.79 Å². The van der Waals surface area contributed by atoms with Crippen molar-refractivity contribution in [2.45, 2.75) is 19.4 Å². The van der Waals surface area contributed by atoms with Gasteiger partial charge in [0.1, 0.15) is 11.3 Å². The first kappa shape index (κ1) is 17.5. The van der Waals surface area contributed by atoms with Crippen LogP contribution in [-0.4, -0.2) is 52.3 Å². The Morgan fingerprint density at radius 1 is 1.33 bits per heavy atom. The lowest BCUT2D eigenvalue weighted by Crippen LogP contribution is -2.49. The molecule has 0 spiro atoms. The van der Waals surface area contributed by atoms with Gasteiger partial charge in [0.15, 0.2) is 0 Å². The van der Waals surface area contributed by atoms with E-state index in [2.05, 4.69) is 10.2 Å². The topological polar surface area (TPSA) is 50.8 Å². The van der Waals surface area contributed by atoms with Crippen LogP contribution >= 0.6 is 0 Å². The fourth-order valence-corrected chi connectivity index (χ4v) is 2.22. The lowest BCUT2D eigenvalue weighted by Gasteiger charge is -2.30. The van der Waals surface area contributed by atoms with E-state index in [1.54, 1.807) is 7.11 Å². The van der Waals surface area contributed by atoms with E-state index in [-0.39, 0.29) is 5.97 Å². The molecule has 0 aliphatic carbocycles. The van der Waals surface area contributed by atoms with Crippen molar-refractivity contribution in [3.63, 3.8) is 0 Å². The molecular weight excluding hydrogens is 268 g/mol. The first-order chi connectivity index (χ1) is 9.85. The van der Waals surface area contributed by atoms with E-state index in [0.717, 1.165) is 17.7 Å². The number of esters is 1. The summed E-state index contributed by atoms with van der Waals surface area (Å²) in [6, 6.07) is 5.79. The van der Waals surface area contributed by atoms with Gasteiger partial charge in [-0.3, -0.25) is 5.32 Å². The van der Waals surface area contributed by atoms with Crippen molar-refractivity contribution in [1.82, 2.24) is 10.2 Å². The van der Waals surface area contributed by atoms with Gasteiger partial charge in [-0.15, -0.1) is 0 Å².